The predicted octanol–water partition coefficient (Wildman–Crippen LogP) is 2.88. The molecule has 23 heavy (non-hydrogen) atoms. The Morgan fingerprint density at radius 1 is 1.35 bits per heavy atom. The number of nitrogens with one attached hydrogen (secondary N) is 1. The summed E-state index contributed by atoms with van der Waals surface area (Å²) in [6.07, 6.45) is 1.79. The molecule has 0 fully saturated rings. The second-order valence-corrected chi connectivity index (χ2v) is 6.70. The maximum atomic E-state index is 12.3. The Balaban J connectivity index is 1.92. The molecule has 2 aromatic rings. The Hall–Kier alpha value is -2.08. The van der Waals surface area contributed by atoms with Crippen molar-refractivity contribution in [3.8, 4) is 0 Å². The highest BCUT2D eigenvalue weighted by Gasteiger charge is 2.18. The molecule has 1 aromatic carbocycles. The summed E-state index contributed by atoms with van der Waals surface area (Å²) in [5.41, 5.74) is 2.30. The number of nitrogens with zero attached hydrogens (tertiary/aromatic N) is 3. The van der Waals surface area contributed by atoms with Gasteiger partial charge in [0, 0.05) is 13.1 Å². The average Bonchev–Trinajstić information content (AvgIpc) is 2.87. The van der Waals surface area contributed by atoms with Crippen molar-refractivity contribution in [1.29, 1.82) is 0 Å². The third-order valence-electron chi connectivity index (χ3n) is 3.45. The van der Waals surface area contributed by atoms with Crippen LogP contribution in [0.5, 0.6) is 0 Å². The van der Waals surface area contributed by atoms with E-state index < -0.39 is 0 Å². The molecule has 1 heterocycles. The fourth-order valence-corrected chi connectivity index (χ4v) is 2.97. The van der Waals surface area contributed by atoms with Gasteiger partial charge < -0.3 is 9.88 Å². The van der Waals surface area contributed by atoms with Gasteiger partial charge in [-0.3, -0.25) is 4.79 Å². The van der Waals surface area contributed by atoms with Gasteiger partial charge in [0.05, 0.1) is 5.25 Å². The lowest BCUT2D eigenvalue weighted by molar-refractivity contribution is -0.120. The van der Waals surface area contributed by atoms with Crippen LogP contribution < -0.4 is 5.32 Å². The fourth-order valence-electron chi connectivity index (χ4n) is 2.04. The van der Waals surface area contributed by atoms with Gasteiger partial charge in [-0.15, -0.1) is 16.8 Å². The standard InChI is InChI=1S/C17H22N4OS/c1-5-10-21-14(4)19-20-17(21)23-13(3)16(22)18-11-15-8-6-12(2)7-9-15/h5-9,13H,1,10-11H2,2-4H3,(H,18,22)/t13-/m0/s1. The van der Waals surface area contributed by atoms with Crippen molar-refractivity contribution >= 4 is 17.7 Å². The van der Waals surface area contributed by atoms with Gasteiger partial charge in [-0.25, -0.2) is 0 Å². The number of carbonyl (C=O) groups excluding carboxylic acids is 1. The molecule has 0 radical (unpaired) electrons. The van der Waals surface area contributed by atoms with Crippen LogP contribution in [0.25, 0.3) is 0 Å². The first-order chi connectivity index (χ1) is 11.0. The molecule has 0 aliphatic carbocycles. The van der Waals surface area contributed by atoms with Crippen LogP contribution in [0, 0.1) is 13.8 Å². The van der Waals surface area contributed by atoms with Gasteiger partial charge in [0.1, 0.15) is 5.82 Å². The Labute approximate surface area is 141 Å². The number of aryl methyl sites for hydroxylation is 2. The highest BCUT2D eigenvalue weighted by Crippen LogP contribution is 2.22. The maximum Gasteiger partial charge on any atom is 0.233 e. The van der Waals surface area contributed by atoms with Crippen LogP contribution in [-0.2, 0) is 17.9 Å². The monoisotopic (exact) mass is 330 g/mol. The third-order valence-corrected chi connectivity index (χ3v) is 4.53. The molecule has 2 rings (SSSR count). The van der Waals surface area contributed by atoms with Crippen LogP contribution >= 0.6 is 11.8 Å². The molecule has 1 N–H and O–H groups in total. The minimum absolute atomic E-state index is 0.0126. The van der Waals surface area contributed by atoms with Gasteiger partial charge in [0.25, 0.3) is 0 Å². The van der Waals surface area contributed by atoms with E-state index in [0.29, 0.717) is 13.1 Å². The maximum absolute atomic E-state index is 12.3. The molecule has 0 aliphatic heterocycles. The van der Waals surface area contributed by atoms with Gasteiger partial charge in [-0.2, -0.15) is 0 Å². The zero-order chi connectivity index (χ0) is 16.8. The van der Waals surface area contributed by atoms with Crippen LogP contribution in [0.3, 0.4) is 0 Å². The lowest BCUT2D eigenvalue weighted by Crippen LogP contribution is -2.30. The normalized spacial score (nSPS) is 12.0. The molecule has 0 saturated heterocycles. The molecule has 0 saturated carbocycles. The van der Waals surface area contributed by atoms with E-state index in [-0.39, 0.29) is 11.2 Å². The van der Waals surface area contributed by atoms with E-state index in [1.807, 2.05) is 49.6 Å². The molecule has 5 nitrogen and oxygen atoms in total. The first-order valence-corrected chi connectivity index (χ1v) is 8.40. The highest BCUT2D eigenvalue weighted by atomic mass is 32.2. The second-order valence-electron chi connectivity index (χ2n) is 5.39. The highest BCUT2D eigenvalue weighted by molar-refractivity contribution is 8.00. The van der Waals surface area contributed by atoms with Gasteiger partial charge in [0.15, 0.2) is 5.16 Å². The van der Waals surface area contributed by atoms with E-state index in [0.717, 1.165) is 16.5 Å². The summed E-state index contributed by atoms with van der Waals surface area (Å²) in [7, 11) is 0. The van der Waals surface area contributed by atoms with Crippen LogP contribution in [0.15, 0.2) is 42.1 Å². The Kier molecular flexibility index (Phi) is 5.98. The topological polar surface area (TPSA) is 59.8 Å². The summed E-state index contributed by atoms with van der Waals surface area (Å²) < 4.78 is 1.95. The molecule has 0 unspecified atom stereocenters. The summed E-state index contributed by atoms with van der Waals surface area (Å²) >= 11 is 1.41. The number of hydrogen-bond acceptors (Lipinski definition) is 4. The van der Waals surface area contributed by atoms with E-state index in [1.54, 1.807) is 6.08 Å². The SMILES string of the molecule is C=CCn1c(C)nnc1S[C@@H](C)C(=O)NCc1ccc(C)cc1. The molecule has 1 aromatic heterocycles. The van der Waals surface area contributed by atoms with E-state index in [9.17, 15) is 4.79 Å². The molecule has 0 aliphatic rings. The summed E-state index contributed by atoms with van der Waals surface area (Å²) in [5, 5.41) is 11.6. The number of benzene rings is 1. The van der Waals surface area contributed by atoms with Crippen molar-refractivity contribution in [1.82, 2.24) is 20.1 Å². The first kappa shape index (κ1) is 17.3. The van der Waals surface area contributed by atoms with E-state index in [1.165, 1.54) is 17.3 Å². The minimum atomic E-state index is -0.243. The second kappa shape index (κ2) is 7.97. The lowest BCUT2D eigenvalue weighted by atomic mass is 10.1. The smallest absolute Gasteiger partial charge is 0.233 e. The van der Waals surface area contributed by atoms with Gasteiger partial charge in [0.2, 0.25) is 5.91 Å². The van der Waals surface area contributed by atoms with Crippen molar-refractivity contribution < 1.29 is 4.79 Å². The largest absolute Gasteiger partial charge is 0.351 e. The summed E-state index contributed by atoms with van der Waals surface area (Å²) in [4.78, 5) is 12.3. The summed E-state index contributed by atoms with van der Waals surface area (Å²) in [6.45, 7) is 10.7. The van der Waals surface area contributed by atoms with Crippen molar-refractivity contribution in [2.24, 2.45) is 0 Å². The van der Waals surface area contributed by atoms with Gasteiger partial charge in [-0.1, -0.05) is 47.7 Å². The molecule has 6 heteroatoms. The third kappa shape index (κ3) is 4.69. The van der Waals surface area contributed by atoms with Gasteiger partial charge >= 0.3 is 0 Å². The first-order valence-electron chi connectivity index (χ1n) is 7.52. The Morgan fingerprint density at radius 2 is 2.04 bits per heavy atom. The number of carbonyl (C=O) groups is 1. The summed E-state index contributed by atoms with van der Waals surface area (Å²) in [6, 6.07) is 8.13. The van der Waals surface area contributed by atoms with Crippen molar-refractivity contribution in [2.45, 2.75) is 44.3 Å². The number of hydrogen-bond donors (Lipinski definition) is 1. The molecule has 0 spiro atoms. The van der Waals surface area contributed by atoms with Crippen LogP contribution in [0.1, 0.15) is 23.9 Å². The number of aromatic nitrogens is 3. The van der Waals surface area contributed by atoms with Crippen molar-refractivity contribution in [3.05, 3.63) is 53.9 Å². The van der Waals surface area contributed by atoms with Gasteiger partial charge in [-0.05, 0) is 26.3 Å². The molecular weight excluding hydrogens is 308 g/mol. The Morgan fingerprint density at radius 3 is 2.70 bits per heavy atom. The van der Waals surface area contributed by atoms with Crippen LogP contribution in [0.4, 0.5) is 0 Å². The van der Waals surface area contributed by atoms with Crippen molar-refractivity contribution in [2.75, 3.05) is 0 Å². The number of allylic oxidation sites excluding steroid dienone is 1. The molecular formula is C17H22N4OS. The zero-order valence-electron chi connectivity index (χ0n) is 13.7. The Bertz CT molecular complexity index is 678. The number of rotatable bonds is 7. The zero-order valence-corrected chi connectivity index (χ0v) is 14.6. The van der Waals surface area contributed by atoms with Crippen LogP contribution in [-0.4, -0.2) is 25.9 Å². The van der Waals surface area contributed by atoms with E-state index >= 15 is 0 Å². The average molecular weight is 330 g/mol. The number of thioether (sulfide) groups is 1. The fraction of sp³-hybridized carbons (Fsp3) is 0.353. The van der Waals surface area contributed by atoms with E-state index in [4.69, 9.17) is 0 Å². The quantitative estimate of drug-likeness (QED) is 0.626. The molecule has 0 bridgehead atoms. The minimum Gasteiger partial charge on any atom is -0.351 e. The van der Waals surface area contributed by atoms with E-state index in [2.05, 4.69) is 22.1 Å². The predicted molar refractivity (Wildman–Crippen MR) is 93.3 cm³/mol. The van der Waals surface area contributed by atoms with Crippen LogP contribution in [0.2, 0.25) is 0 Å². The van der Waals surface area contributed by atoms with Crippen molar-refractivity contribution in [3.63, 3.8) is 0 Å². The lowest BCUT2D eigenvalue weighted by Gasteiger charge is -2.12. The molecule has 122 valence electrons. The summed E-state index contributed by atoms with van der Waals surface area (Å²) in [5.74, 6) is 0.807. The molecule has 1 atom stereocenters. The molecule has 1 amide bonds. The number of amides is 1.